The molecule has 1 saturated carbocycles. The number of hydrogen-bond donors (Lipinski definition) is 13. The number of rotatable bonds is 2. The van der Waals surface area contributed by atoms with Crippen LogP contribution in [0.15, 0.2) is 0 Å². The zero-order chi connectivity index (χ0) is 21.7. The number of phosphoric ester groups is 1. The fourth-order valence-corrected chi connectivity index (χ4v) is 2.05. The Hall–Kier alpha value is 0.130. The van der Waals surface area contributed by atoms with Gasteiger partial charge in [0.15, 0.2) is 0 Å². The van der Waals surface area contributed by atoms with Gasteiger partial charge in [-0.3, -0.25) is 4.52 Å². The molecule has 0 aromatic carbocycles. The molecule has 1 fully saturated rings. The Morgan fingerprint density at radius 3 is 0.885 bits per heavy atom. The number of aliphatic hydroxyl groups excluding tert-OH is 5. The van der Waals surface area contributed by atoms with Gasteiger partial charge in [-0.2, -0.15) is 0 Å². The van der Waals surface area contributed by atoms with Crippen LogP contribution in [-0.4, -0.2) is 101 Å². The van der Waals surface area contributed by atoms with Gasteiger partial charge in [-0.15, -0.1) is 0 Å². The lowest BCUT2D eigenvalue weighted by Gasteiger charge is -2.41. The van der Waals surface area contributed by atoms with E-state index in [1.54, 1.807) is 0 Å². The predicted octanol–water partition coefficient (Wildman–Crippen LogP) is -5.57. The van der Waals surface area contributed by atoms with Crippen molar-refractivity contribution in [2.45, 2.75) is 36.6 Å². The summed E-state index contributed by atoms with van der Waals surface area (Å²) in [6, 6.07) is 0. The lowest BCUT2D eigenvalue weighted by Crippen LogP contribution is -2.64. The average molecular weight is 456 g/mol. The van der Waals surface area contributed by atoms with Gasteiger partial charge in [0.1, 0.15) is 36.6 Å². The largest absolute Gasteiger partial charge is 0.470 e. The van der Waals surface area contributed by atoms with Crippen molar-refractivity contribution in [3.63, 3.8) is 0 Å². The van der Waals surface area contributed by atoms with E-state index in [1.807, 2.05) is 0 Å². The molecule has 1 rings (SSSR count). The lowest BCUT2D eigenvalue weighted by molar-refractivity contribution is -0.219. The second kappa shape index (κ2) is 10.6. The Kier molecular flexibility index (Phi) is 11.6. The predicted molar refractivity (Wildman–Crippen MR) is 75.5 cm³/mol. The fraction of sp³-hybridized carbons (Fsp3) is 1.00. The highest BCUT2D eigenvalue weighted by atomic mass is 31.2. The maximum Gasteiger partial charge on any atom is 0.470 e. The normalized spacial score (nSPS) is 32.7. The highest BCUT2D eigenvalue weighted by Crippen LogP contribution is 2.41. The van der Waals surface area contributed by atoms with E-state index in [4.69, 9.17) is 53.4 Å². The Labute approximate surface area is 144 Å². The first-order valence-electron chi connectivity index (χ1n) is 5.86. The van der Waals surface area contributed by atoms with E-state index in [0.717, 1.165) is 0 Å². The molecule has 0 unspecified atom stereocenters. The minimum absolute atomic E-state index is 1.83. The zero-order valence-electron chi connectivity index (χ0n) is 12.3. The molecule has 0 aromatic heterocycles. The van der Waals surface area contributed by atoms with Crippen LogP contribution in [0.25, 0.3) is 0 Å². The van der Waals surface area contributed by atoms with E-state index in [0.29, 0.717) is 0 Å². The van der Waals surface area contributed by atoms with Crippen LogP contribution in [0.1, 0.15) is 0 Å². The standard InChI is InChI=1S/C6H13O9P.2H3O4P/c7-1-2(8)4(10)6(5(11)3(1)9)15-16(12,13)14;2*1-5(2,3)4/h1-11H,(H2,12,13,14);2*(H3,1,2,3,4)/t1-,2+,3-,4-,5+,6-;;. The highest BCUT2D eigenvalue weighted by molar-refractivity contribution is 7.46. The third kappa shape index (κ3) is 15.2. The summed E-state index contributed by atoms with van der Waals surface area (Å²) < 4.78 is 32.3. The van der Waals surface area contributed by atoms with Gasteiger partial charge in [-0.05, 0) is 0 Å². The monoisotopic (exact) mass is 456 g/mol. The summed E-state index contributed by atoms with van der Waals surface area (Å²) in [6.07, 6.45) is -11.3. The first-order chi connectivity index (χ1) is 11.1. The van der Waals surface area contributed by atoms with Gasteiger partial charge in [-0.1, -0.05) is 0 Å². The summed E-state index contributed by atoms with van der Waals surface area (Å²) in [7, 11) is -14.3. The molecule has 0 aromatic rings. The van der Waals surface area contributed by atoms with Gasteiger partial charge < -0.3 is 64.7 Å². The Bertz CT molecular complexity index is 494. The molecular weight excluding hydrogens is 437 g/mol. The van der Waals surface area contributed by atoms with Crippen LogP contribution in [-0.2, 0) is 18.2 Å². The summed E-state index contributed by atoms with van der Waals surface area (Å²) >= 11 is 0. The van der Waals surface area contributed by atoms with Crippen molar-refractivity contribution in [3.05, 3.63) is 0 Å². The van der Waals surface area contributed by atoms with E-state index in [1.165, 1.54) is 0 Å². The summed E-state index contributed by atoms with van der Waals surface area (Å²) in [5, 5.41) is 46.1. The van der Waals surface area contributed by atoms with Crippen molar-refractivity contribution in [1.82, 2.24) is 0 Å². The van der Waals surface area contributed by atoms with Crippen molar-refractivity contribution in [2.24, 2.45) is 0 Å². The molecule has 1 aliphatic rings. The van der Waals surface area contributed by atoms with Gasteiger partial charge in [-0.25, -0.2) is 13.7 Å². The van der Waals surface area contributed by atoms with E-state index in [2.05, 4.69) is 4.52 Å². The van der Waals surface area contributed by atoms with E-state index in [9.17, 15) is 25.0 Å². The van der Waals surface area contributed by atoms with Crippen LogP contribution in [0, 0.1) is 0 Å². The highest BCUT2D eigenvalue weighted by Gasteiger charge is 2.50. The Morgan fingerprint density at radius 2 is 0.692 bits per heavy atom. The number of phosphoric acid groups is 3. The van der Waals surface area contributed by atoms with Crippen molar-refractivity contribution in [2.75, 3.05) is 0 Å². The van der Waals surface area contributed by atoms with Crippen LogP contribution in [0.3, 0.4) is 0 Å². The Morgan fingerprint density at radius 1 is 0.500 bits per heavy atom. The minimum atomic E-state index is -5.01. The van der Waals surface area contributed by atoms with Gasteiger partial charge in [0.05, 0.1) is 0 Å². The molecular formula is C6H19O17P3. The van der Waals surface area contributed by atoms with Gasteiger partial charge in [0.25, 0.3) is 0 Å². The van der Waals surface area contributed by atoms with Crippen LogP contribution < -0.4 is 0 Å². The maximum absolute atomic E-state index is 10.5. The summed E-state index contributed by atoms with van der Waals surface area (Å²) in [6.45, 7) is 0. The molecule has 0 radical (unpaired) electrons. The van der Waals surface area contributed by atoms with Gasteiger partial charge in [0.2, 0.25) is 0 Å². The SMILES string of the molecule is O=P(O)(O)O.O=P(O)(O)O.O=P(O)(O)O[C@@H]1[C@H](O)[C@@H](O)[C@@H](O)[C@@H](O)[C@@H]1O. The van der Waals surface area contributed by atoms with Gasteiger partial charge in [0, 0.05) is 0 Å². The van der Waals surface area contributed by atoms with Crippen molar-refractivity contribution in [1.29, 1.82) is 0 Å². The third-order valence-electron chi connectivity index (χ3n) is 2.33. The zero-order valence-corrected chi connectivity index (χ0v) is 14.9. The topological polar surface area (TPSA) is 323 Å². The molecule has 0 aliphatic heterocycles. The van der Waals surface area contributed by atoms with E-state index < -0.39 is 60.1 Å². The molecule has 0 spiro atoms. The van der Waals surface area contributed by atoms with Crippen LogP contribution in [0.5, 0.6) is 0 Å². The summed E-state index contributed by atoms with van der Waals surface area (Å²) in [5.74, 6) is 0. The van der Waals surface area contributed by atoms with Gasteiger partial charge >= 0.3 is 23.5 Å². The van der Waals surface area contributed by atoms with Crippen molar-refractivity contribution < 1.29 is 82.9 Å². The van der Waals surface area contributed by atoms with Crippen LogP contribution in [0.4, 0.5) is 0 Å². The minimum Gasteiger partial charge on any atom is -0.387 e. The third-order valence-corrected chi connectivity index (χ3v) is 2.85. The van der Waals surface area contributed by atoms with Crippen molar-refractivity contribution in [3.8, 4) is 0 Å². The lowest BCUT2D eigenvalue weighted by atomic mass is 9.85. The molecule has 26 heavy (non-hydrogen) atoms. The molecule has 0 amide bonds. The fourth-order valence-electron chi connectivity index (χ4n) is 1.48. The van der Waals surface area contributed by atoms with Crippen molar-refractivity contribution >= 4 is 23.5 Å². The van der Waals surface area contributed by atoms with Crippen LogP contribution >= 0.6 is 23.5 Å². The molecule has 13 N–H and O–H groups in total. The number of hydrogen-bond acceptors (Lipinski definition) is 9. The maximum atomic E-state index is 10.5. The summed E-state index contributed by atoms with van der Waals surface area (Å²) in [5.41, 5.74) is 0. The van der Waals surface area contributed by atoms with Crippen LogP contribution in [0.2, 0.25) is 0 Å². The van der Waals surface area contributed by atoms with E-state index in [-0.39, 0.29) is 0 Å². The molecule has 0 bridgehead atoms. The molecule has 17 nitrogen and oxygen atoms in total. The molecule has 160 valence electrons. The molecule has 20 heteroatoms. The second-order valence-corrected chi connectivity index (χ2v) is 7.79. The first-order valence-corrected chi connectivity index (χ1v) is 10.5. The smallest absolute Gasteiger partial charge is 0.387 e. The molecule has 0 heterocycles. The summed E-state index contributed by atoms with van der Waals surface area (Å²) in [4.78, 5) is 60.1. The average Bonchev–Trinajstić information content (AvgIpc) is 2.34. The second-order valence-electron chi connectivity index (χ2n) is 4.54. The first kappa shape index (κ1) is 28.3. The molecule has 0 saturated heterocycles. The molecule has 6 atom stereocenters. The number of aliphatic hydroxyl groups is 5. The Balaban J connectivity index is 0. The quantitative estimate of drug-likeness (QED) is 0.172. The van der Waals surface area contributed by atoms with E-state index >= 15 is 0 Å². The molecule has 1 aliphatic carbocycles.